The van der Waals surface area contributed by atoms with Crippen molar-refractivity contribution in [2.24, 2.45) is 0 Å². The molecule has 0 bridgehead atoms. The minimum atomic E-state index is 1.05. The molecule has 0 aliphatic rings. The molecule has 0 saturated carbocycles. The van der Waals surface area contributed by atoms with Crippen LogP contribution < -0.4 is 0 Å². The molecule has 2 aromatic rings. The minimum absolute atomic E-state index is 1.05. The second-order valence-electron chi connectivity index (χ2n) is 4.87. The van der Waals surface area contributed by atoms with E-state index in [0.717, 1.165) is 12.0 Å². The van der Waals surface area contributed by atoms with Crippen LogP contribution in [0, 0.1) is 6.92 Å². The lowest BCUT2D eigenvalue weighted by Gasteiger charge is -2.11. The van der Waals surface area contributed by atoms with Crippen molar-refractivity contribution < 1.29 is 0 Å². The molecule has 2 rings (SSSR count). The van der Waals surface area contributed by atoms with Crippen LogP contribution in [-0.4, -0.2) is 0 Å². The first-order valence-electron chi connectivity index (χ1n) is 7.47. The Morgan fingerprint density at radius 3 is 2.10 bits per heavy atom. The normalized spacial score (nSPS) is 9.65. The standard InChI is InChI=1S/C18H20.C2H6/c1-5-15-12-17(13(2)3)10-11-18(15)16-8-6-14(4)7-9-16;1-2/h6-12H,2,5H2,1,3-4H3;1-2H3. The molecule has 106 valence electrons. The maximum Gasteiger partial charge on any atom is -0.0152 e. The summed E-state index contributed by atoms with van der Waals surface area (Å²) in [5, 5.41) is 0. The van der Waals surface area contributed by atoms with E-state index >= 15 is 0 Å². The summed E-state index contributed by atoms with van der Waals surface area (Å²) in [4.78, 5) is 0. The van der Waals surface area contributed by atoms with Crippen LogP contribution in [-0.2, 0) is 6.42 Å². The first-order valence-corrected chi connectivity index (χ1v) is 7.47. The third-order valence-corrected chi connectivity index (χ3v) is 3.34. The van der Waals surface area contributed by atoms with Gasteiger partial charge in [-0.1, -0.05) is 81.0 Å². The van der Waals surface area contributed by atoms with E-state index in [1.165, 1.54) is 27.8 Å². The third-order valence-electron chi connectivity index (χ3n) is 3.34. The first kappa shape index (κ1) is 16.2. The van der Waals surface area contributed by atoms with Crippen LogP contribution in [0.15, 0.2) is 49.0 Å². The predicted molar refractivity (Wildman–Crippen MR) is 92.0 cm³/mol. The maximum atomic E-state index is 4.01. The molecule has 0 aliphatic carbocycles. The molecule has 0 nitrogen and oxygen atoms in total. The molecule has 20 heavy (non-hydrogen) atoms. The van der Waals surface area contributed by atoms with Crippen LogP contribution in [0.2, 0.25) is 0 Å². The maximum absolute atomic E-state index is 4.01. The average Bonchev–Trinajstić information content (AvgIpc) is 2.49. The molecular weight excluding hydrogens is 240 g/mol. The summed E-state index contributed by atoms with van der Waals surface area (Å²) in [5.41, 5.74) is 7.69. The zero-order chi connectivity index (χ0) is 15.1. The molecule has 0 N–H and O–H groups in total. The van der Waals surface area contributed by atoms with Crippen LogP contribution in [0.1, 0.15) is 44.4 Å². The van der Waals surface area contributed by atoms with Gasteiger partial charge in [0.1, 0.15) is 0 Å². The van der Waals surface area contributed by atoms with E-state index in [4.69, 9.17) is 0 Å². The fourth-order valence-electron chi connectivity index (χ4n) is 2.17. The number of allylic oxidation sites excluding steroid dienone is 1. The van der Waals surface area contributed by atoms with Crippen LogP contribution in [0.4, 0.5) is 0 Å². The topological polar surface area (TPSA) is 0 Å². The predicted octanol–water partition coefficient (Wildman–Crippen LogP) is 6.28. The van der Waals surface area contributed by atoms with Crippen molar-refractivity contribution in [2.75, 3.05) is 0 Å². The van der Waals surface area contributed by atoms with Crippen molar-refractivity contribution in [2.45, 2.75) is 41.0 Å². The Labute approximate surface area is 124 Å². The van der Waals surface area contributed by atoms with Gasteiger partial charge in [-0.15, -0.1) is 0 Å². The molecule has 2 aromatic carbocycles. The summed E-state index contributed by atoms with van der Waals surface area (Å²) in [7, 11) is 0. The van der Waals surface area contributed by atoms with E-state index in [2.05, 4.69) is 69.8 Å². The van der Waals surface area contributed by atoms with Gasteiger partial charge < -0.3 is 0 Å². The lowest BCUT2D eigenvalue weighted by Crippen LogP contribution is -1.90. The molecule has 0 heteroatoms. The van der Waals surface area contributed by atoms with Gasteiger partial charge >= 0.3 is 0 Å². The monoisotopic (exact) mass is 266 g/mol. The molecular formula is C20H26. The zero-order valence-corrected chi connectivity index (χ0v) is 13.5. The SMILES string of the molecule is C=C(C)c1ccc(-c2ccc(C)cc2)c(CC)c1.CC. The molecule has 0 atom stereocenters. The largest absolute Gasteiger partial charge is 0.0955 e. The van der Waals surface area contributed by atoms with Gasteiger partial charge in [0.2, 0.25) is 0 Å². The molecule has 0 saturated heterocycles. The molecule has 0 unspecified atom stereocenters. The molecule has 0 amide bonds. The smallest absolute Gasteiger partial charge is 0.0152 e. The van der Waals surface area contributed by atoms with E-state index < -0.39 is 0 Å². The second kappa shape index (κ2) is 7.69. The summed E-state index contributed by atoms with van der Waals surface area (Å²) in [5.74, 6) is 0. The summed E-state index contributed by atoms with van der Waals surface area (Å²) >= 11 is 0. The Balaban J connectivity index is 0.000000956. The van der Waals surface area contributed by atoms with E-state index in [0.29, 0.717) is 0 Å². The number of rotatable bonds is 3. The fourth-order valence-corrected chi connectivity index (χ4v) is 2.17. The Morgan fingerprint density at radius 1 is 1.00 bits per heavy atom. The lowest BCUT2D eigenvalue weighted by molar-refractivity contribution is 1.14. The average molecular weight is 266 g/mol. The van der Waals surface area contributed by atoms with Crippen molar-refractivity contribution in [3.8, 4) is 11.1 Å². The van der Waals surface area contributed by atoms with Crippen molar-refractivity contribution in [3.63, 3.8) is 0 Å². The van der Waals surface area contributed by atoms with Crippen molar-refractivity contribution in [1.29, 1.82) is 0 Å². The van der Waals surface area contributed by atoms with Crippen LogP contribution >= 0.6 is 0 Å². The van der Waals surface area contributed by atoms with Gasteiger partial charge in [-0.3, -0.25) is 0 Å². The van der Waals surface area contributed by atoms with Crippen LogP contribution in [0.25, 0.3) is 16.7 Å². The second-order valence-corrected chi connectivity index (χ2v) is 4.87. The highest BCUT2D eigenvalue weighted by molar-refractivity contribution is 5.72. The highest BCUT2D eigenvalue weighted by Crippen LogP contribution is 2.27. The highest BCUT2D eigenvalue weighted by atomic mass is 14.1. The van der Waals surface area contributed by atoms with Gasteiger partial charge in [-0.05, 0) is 42.5 Å². The zero-order valence-electron chi connectivity index (χ0n) is 13.5. The molecule has 0 aromatic heterocycles. The molecule has 0 spiro atoms. The Hall–Kier alpha value is -1.82. The number of hydrogen-bond acceptors (Lipinski definition) is 0. The number of aryl methyl sites for hydroxylation is 2. The fraction of sp³-hybridized carbons (Fsp3) is 0.300. The minimum Gasteiger partial charge on any atom is -0.0955 e. The first-order chi connectivity index (χ1) is 9.61. The van der Waals surface area contributed by atoms with E-state index in [1.807, 2.05) is 13.8 Å². The summed E-state index contributed by atoms with van der Waals surface area (Å²) in [6, 6.07) is 15.4. The van der Waals surface area contributed by atoms with Gasteiger partial charge in [0, 0.05) is 0 Å². The number of benzene rings is 2. The van der Waals surface area contributed by atoms with Gasteiger partial charge in [-0.2, -0.15) is 0 Å². The van der Waals surface area contributed by atoms with Crippen molar-refractivity contribution in [3.05, 3.63) is 65.7 Å². The molecule has 0 fully saturated rings. The molecule has 0 aliphatic heterocycles. The van der Waals surface area contributed by atoms with Gasteiger partial charge in [-0.25, -0.2) is 0 Å². The van der Waals surface area contributed by atoms with E-state index in [9.17, 15) is 0 Å². The quantitative estimate of drug-likeness (QED) is 0.613. The van der Waals surface area contributed by atoms with Crippen LogP contribution in [0.3, 0.4) is 0 Å². The molecule has 0 heterocycles. The van der Waals surface area contributed by atoms with Crippen molar-refractivity contribution in [1.82, 2.24) is 0 Å². The van der Waals surface area contributed by atoms with E-state index in [1.54, 1.807) is 0 Å². The third kappa shape index (κ3) is 3.84. The van der Waals surface area contributed by atoms with E-state index in [-0.39, 0.29) is 0 Å². The van der Waals surface area contributed by atoms with Gasteiger partial charge in [0.25, 0.3) is 0 Å². The summed E-state index contributed by atoms with van der Waals surface area (Å²) in [6.07, 6.45) is 1.05. The molecule has 0 radical (unpaired) electrons. The summed E-state index contributed by atoms with van der Waals surface area (Å²) < 4.78 is 0. The summed E-state index contributed by atoms with van der Waals surface area (Å²) in [6.45, 7) is 14.4. The Kier molecular flexibility index (Phi) is 6.24. The Bertz CT molecular complexity index is 559. The van der Waals surface area contributed by atoms with Crippen molar-refractivity contribution >= 4 is 5.57 Å². The van der Waals surface area contributed by atoms with Gasteiger partial charge in [0.05, 0.1) is 0 Å². The van der Waals surface area contributed by atoms with Gasteiger partial charge in [0.15, 0.2) is 0 Å². The van der Waals surface area contributed by atoms with Crippen LogP contribution in [0.5, 0.6) is 0 Å². The number of hydrogen-bond donors (Lipinski definition) is 0. The Morgan fingerprint density at radius 2 is 1.60 bits per heavy atom. The lowest BCUT2D eigenvalue weighted by atomic mass is 9.94. The highest BCUT2D eigenvalue weighted by Gasteiger charge is 2.05.